The normalized spacial score (nSPS) is 11.1. The zero-order valence-corrected chi connectivity index (χ0v) is 29.4. The van der Waals surface area contributed by atoms with E-state index in [0.717, 1.165) is 71.4 Å². The second kappa shape index (κ2) is 15.9. The fraction of sp³-hybridized carbons (Fsp3) is 0.323. The maximum Gasteiger partial charge on any atom is 0.524 e. The van der Waals surface area contributed by atoms with Crippen LogP contribution >= 0.6 is 7.82 Å². The molecule has 4 rings (SSSR count). The molecule has 0 atom stereocenters. The summed E-state index contributed by atoms with van der Waals surface area (Å²) in [6, 6.07) is 10.6. The number of nitrogens with zero attached hydrogens (tertiary/aromatic N) is 3. The van der Waals surface area contributed by atoms with Crippen LogP contribution in [0.4, 0.5) is 5.82 Å². The molecular weight excluding hydrogens is 684 g/mol. The number of terminal acetylenes is 2. The van der Waals surface area contributed by atoms with Crippen molar-refractivity contribution < 1.29 is 28.8 Å². The fourth-order valence-electron chi connectivity index (χ4n) is 4.32. The fourth-order valence-corrected chi connectivity index (χ4v) is 5.09. The molecule has 44 heavy (non-hydrogen) atoms. The van der Waals surface area contributed by atoms with Crippen molar-refractivity contribution in [3.63, 3.8) is 0 Å². The maximum absolute atomic E-state index is 11.3. The zero-order chi connectivity index (χ0) is 33.2. The van der Waals surface area contributed by atoms with Crippen LogP contribution in [0.15, 0.2) is 36.4 Å². The Bertz CT molecular complexity index is 1730. The third-order valence-electron chi connectivity index (χ3n) is 6.20. The van der Waals surface area contributed by atoms with E-state index in [1.54, 1.807) is 12.1 Å². The number of phenolic OH excluding ortho intramolecular Hbond substituents is 1. The Morgan fingerprint density at radius 2 is 1.89 bits per heavy atom. The third-order valence-corrected chi connectivity index (χ3v) is 7.05. The van der Waals surface area contributed by atoms with Gasteiger partial charge in [-0.05, 0) is 30.5 Å². The number of nitrogens with two attached hydrogens (primary N) is 1. The van der Waals surface area contributed by atoms with Crippen LogP contribution < -0.4 is 15.6 Å². The number of rotatable bonds is 9. The molecule has 2 aromatic heterocycles. The van der Waals surface area contributed by atoms with E-state index in [0.29, 0.717) is 23.3 Å². The molecule has 0 aliphatic heterocycles. The Balaban J connectivity index is 0.000000529. The van der Waals surface area contributed by atoms with E-state index in [2.05, 4.69) is 47.6 Å². The third kappa shape index (κ3) is 9.93. The van der Waals surface area contributed by atoms with Crippen LogP contribution in [0.1, 0.15) is 57.5 Å². The molecule has 0 unspecified atom stereocenters. The number of aryl methyl sites for hydroxylation is 2. The number of phenols is 1. The summed E-state index contributed by atoms with van der Waals surface area (Å²) in [6.07, 6.45) is 16.3. The Morgan fingerprint density at radius 1 is 1.20 bits per heavy atom. The van der Waals surface area contributed by atoms with Crippen molar-refractivity contribution in [1.82, 2.24) is 19.9 Å². The topological polar surface area (TPSA) is 173 Å². The number of phosphoric ester groups is 1. The number of anilines is 1. The summed E-state index contributed by atoms with van der Waals surface area (Å²) in [5.74, 6) is 2.19. The number of benzene rings is 2. The number of unbranched alkanes of at least 4 members (excludes halogenated alkanes) is 1. The second-order valence-corrected chi connectivity index (χ2v) is 15.6. The summed E-state index contributed by atoms with van der Waals surface area (Å²) in [7, 11) is -4.82. The summed E-state index contributed by atoms with van der Waals surface area (Å²) >= 11 is 0.965. The van der Waals surface area contributed by atoms with Crippen molar-refractivity contribution >= 4 is 65.9 Å². The first-order valence-electron chi connectivity index (χ1n) is 13.7. The molecule has 2 aromatic carbocycles. The zero-order valence-electron chi connectivity index (χ0n) is 25.2. The number of aromatic nitrogens is 3. The van der Waals surface area contributed by atoms with Crippen molar-refractivity contribution in [2.24, 2.45) is 0 Å². The van der Waals surface area contributed by atoms with Crippen molar-refractivity contribution in [1.29, 1.82) is 0 Å². The minimum Gasteiger partial charge on any atom is -0.504 e. The van der Waals surface area contributed by atoms with Gasteiger partial charge in [0.25, 0.3) is 0 Å². The monoisotopic (exact) mass is 721 g/mol. The number of phosphoric acid groups is 1. The van der Waals surface area contributed by atoms with Gasteiger partial charge >= 0.3 is 77.7 Å². The van der Waals surface area contributed by atoms with Crippen LogP contribution in [-0.2, 0) is 28.7 Å². The van der Waals surface area contributed by atoms with Crippen LogP contribution in [0, 0.1) is 25.2 Å². The van der Waals surface area contributed by atoms with E-state index >= 15 is 0 Å². The molecule has 0 aliphatic carbocycles. The number of nitrogens with one attached hydrogen (secondary N) is 1. The second-order valence-electron chi connectivity index (χ2n) is 10.3. The van der Waals surface area contributed by atoms with Gasteiger partial charge in [-0.15, -0.1) is 12.8 Å². The number of nitrogen functional groups attached to an aromatic ring is 1. The Labute approximate surface area is 272 Å². The molecule has 13 heteroatoms. The number of carbonyl (C=O) groups excluding carboxylic acids is 1. The van der Waals surface area contributed by atoms with Gasteiger partial charge in [0.2, 0.25) is 0 Å². The number of carbonyl (C=O) groups is 1. The first kappa shape index (κ1) is 36.5. The van der Waals surface area contributed by atoms with E-state index in [-0.39, 0.29) is 27.2 Å². The smallest absolute Gasteiger partial charge is 0.504 e. The first-order valence-corrected chi connectivity index (χ1v) is 16.9. The molecule has 230 valence electrons. The number of hydrogen-bond acceptors (Lipinski definition) is 7. The molecule has 0 bridgehead atoms. The largest absolute Gasteiger partial charge is 0.524 e. The quantitative estimate of drug-likeness (QED) is 0.126. The van der Waals surface area contributed by atoms with Crippen molar-refractivity contribution in [3.8, 4) is 36.7 Å². The van der Waals surface area contributed by atoms with E-state index in [9.17, 15) is 14.5 Å². The van der Waals surface area contributed by atoms with E-state index in [4.69, 9.17) is 26.9 Å². The van der Waals surface area contributed by atoms with E-state index in [1.807, 2.05) is 36.5 Å². The number of amides is 1. The van der Waals surface area contributed by atoms with Crippen LogP contribution in [0.3, 0.4) is 0 Å². The summed E-state index contributed by atoms with van der Waals surface area (Å²) in [5, 5.41) is 14.2. The number of imidazole rings is 1. The maximum atomic E-state index is 11.3. The number of hydrogen-bond donors (Lipinski definition) is 5. The molecule has 0 spiro atoms. The van der Waals surface area contributed by atoms with Gasteiger partial charge in [0, 0.05) is 17.4 Å². The Morgan fingerprint density at radius 3 is 2.43 bits per heavy atom. The molecule has 1 amide bonds. The molecule has 2 heterocycles. The van der Waals surface area contributed by atoms with Crippen molar-refractivity contribution in [2.45, 2.75) is 63.2 Å². The van der Waals surface area contributed by atoms with Crippen molar-refractivity contribution in [3.05, 3.63) is 53.3 Å². The molecule has 0 fully saturated rings. The summed E-state index contributed by atoms with van der Waals surface area (Å²) in [5.41, 5.74) is 10.1. The van der Waals surface area contributed by atoms with Gasteiger partial charge in [-0.1, -0.05) is 44.5 Å². The van der Waals surface area contributed by atoms with Gasteiger partial charge in [0.05, 0.1) is 17.6 Å². The summed E-state index contributed by atoms with van der Waals surface area (Å²) in [6.45, 7) is 8.26. The van der Waals surface area contributed by atoms with E-state index < -0.39 is 7.82 Å². The number of fused-ring (bicyclic) bond motifs is 3. The SMILES string of the molecule is C#C.C#CC(=O)N[C](C)(C)[In].CCCCc1nc2c(N)nc3cc(CC)ccc3c2n1Cc1cccc(OP(=O)(O)O)c1O. The van der Waals surface area contributed by atoms with Crippen LogP contribution in [-0.4, -0.2) is 63.0 Å². The molecule has 11 nitrogen and oxygen atoms in total. The van der Waals surface area contributed by atoms with E-state index in [1.165, 1.54) is 6.07 Å². The van der Waals surface area contributed by atoms with Gasteiger partial charge in [0.15, 0.2) is 17.3 Å². The average Bonchev–Trinajstić information content (AvgIpc) is 3.32. The predicted octanol–water partition coefficient (Wildman–Crippen LogP) is 4.19. The molecular formula is C31H37InN5O6P. The Hall–Kier alpha value is -3.67. The minimum absolute atomic E-state index is 0.0888. The van der Waals surface area contributed by atoms with Gasteiger partial charge in [-0.25, -0.2) is 14.5 Å². The predicted molar refractivity (Wildman–Crippen MR) is 174 cm³/mol. The van der Waals surface area contributed by atoms with Crippen LogP contribution in [0.2, 0.25) is 0 Å². The summed E-state index contributed by atoms with van der Waals surface area (Å²) in [4.78, 5) is 38.2. The molecule has 0 aliphatic rings. The molecule has 2 radical (unpaired) electrons. The molecule has 4 aromatic rings. The molecule has 0 saturated heterocycles. The van der Waals surface area contributed by atoms with Gasteiger partial charge < -0.3 is 19.9 Å². The van der Waals surface area contributed by atoms with Gasteiger partial charge in [-0.2, -0.15) is 0 Å². The van der Waals surface area contributed by atoms with Crippen LogP contribution in [0.5, 0.6) is 11.5 Å². The minimum atomic E-state index is -4.82. The van der Waals surface area contributed by atoms with Crippen LogP contribution in [0.25, 0.3) is 21.9 Å². The molecule has 0 saturated carbocycles. The number of para-hydroxylation sites is 1. The first-order chi connectivity index (χ1) is 20.7. The summed E-state index contributed by atoms with van der Waals surface area (Å²) < 4.78 is 17.8. The number of aromatic hydroxyl groups is 1. The Kier molecular flexibility index (Phi) is 13.2. The van der Waals surface area contributed by atoms with Crippen molar-refractivity contribution in [2.75, 3.05) is 5.73 Å². The standard InChI is InChI=1S/C23H27N4O5P.C6H8NO.C2H2.In/c1-3-5-9-19-26-20-21(16-11-10-14(4-2)12-17(16)25-23(20)24)27(19)13-15-7-6-8-18(22(15)28)32-33(29,30)31;1-4-6(8)7-5(2)3;1-2;/h6-8,10-12,28H,3-5,9,13H2,1-2H3,(H2,24,25)(H2,29,30,31);1H,2-3H3,(H,7,8);1-2H;. The van der Waals surface area contributed by atoms with Gasteiger partial charge in [-0.3, -0.25) is 9.79 Å². The number of pyridine rings is 1. The molecule has 6 N–H and O–H groups in total. The average molecular weight is 721 g/mol. The van der Waals surface area contributed by atoms with Gasteiger partial charge in [0.1, 0.15) is 11.3 Å².